The second kappa shape index (κ2) is 5.11. The van der Waals surface area contributed by atoms with Crippen LogP contribution in [0.1, 0.15) is 15.9 Å². The Morgan fingerprint density at radius 3 is 2.24 bits per heavy atom. The van der Waals surface area contributed by atoms with Gasteiger partial charge in [0, 0.05) is 5.56 Å². The van der Waals surface area contributed by atoms with Crippen LogP contribution in [-0.4, -0.2) is 34.1 Å². The molecule has 0 atom stereocenters. The molecule has 0 heterocycles. The topological polar surface area (TPSA) is 104 Å². The maximum absolute atomic E-state index is 11.6. The van der Waals surface area contributed by atoms with E-state index in [1.165, 1.54) is 12.1 Å². The van der Waals surface area contributed by atoms with Gasteiger partial charge in [-0.15, -0.1) is 0 Å². The lowest BCUT2D eigenvalue weighted by molar-refractivity contribution is -0.150. The van der Waals surface area contributed by atoms with Crippen molar-refractivity contribution in [2.45, 2.75) is 13.0 Å². The molecule has 0 saturated carbocycles. The van der Waals surface area contributed by atoms with Crippen LogP contribution in [-0.2, 0) is 9.59 Å². The summed E-state index contributed by atoms with van der Waals surface area (Å²) in [5.41, 5.74) is 1.04. The maximum Gasteiger partial charge on any atom is 0.338 e. The highest BCUT2D eigenvalue weighted by Gasteiger charge is 2.27. The van der Waals surface area contributed by atoms with Gasteiger partial charge in [-0.2, -0.15) is 0 Å². The lowest BCUT2D eigenvalue weighted by Gasteiger charge is -2.10. The van der Waals surface area contributed by atoms with E-state index in [1.54, 1.807) is 19.1 Å². The zero-order valence-electron chi connectivity index (χ0n) is 9.01. The number of carboxylic acid groups (broad SMARTS) is 2. The molecule has 17 heavy (non-hydrogen) atoms. The lowest BCUT2D eigenvalue weighted by atomic mass is 10.1. The number of carboxylic acids is 2. The monoisotopic (exact) mass is 237 g/mol. The van der Waals surface area contributed by atoms with Crippen molar-refractivity contribution in [2.24, 2.45) is 0 Å². The van der Waals surface area contributed by atoms with E-state index in [0.29, 0.717) is 0 Å². The SMILES string of the molecule is Cc1cccc(C(=O)NC(C(=O)O)C(=O)O)c1. The molecule has 1 amide bonds. The Labute approximate surface area is 96.9 Å². The average molecular weight is 237 g/mol. The normalized spacial score (nSPS) is 10.0. The van der Waals surface area contributed by atoms with E-state index in [-0.39, 0.29) is 5.56 Å². The van der Waals surface area contributed by atoms with E-state index in [4.69, 9.17) is 10.2 Å². The summed E-state index contributed by atoms with van der Waals surface area (Å²) in [6.07, 6.45) is 0. The summed E-state index contributed by atoms with van der Waals surface area (Å²) in [7, 11) is 0. The minimum Gasteiger partial charge on any atom is -0.479 e. The summed E-state index contributed by atoms with van der Waals surface area (Å²) in [5, 5.41) is 19.1. The zero-order chi connectivity index (χ0) is 13.0. The van der Waals surface area contributed by atoms with Crippen LogP contribution in [0.4, 0.5) is 0 Å². The second-order valence-electron chi connectivity index (χ2n) is 3.45. The standard InChI is InChI=1S/C11H11NO5/c1-6-3-2-4-7(5-6)9(13)12-8(10(14)15)11(16)17/h2-5,8H,1H3,(H,12,13)(H,14,15)(H,16,17). The number of benzene rings is 1. The molecular weight excluding hydrogens is 226 g/mol. The first-order chi connectivity index (χ1) is 7.91. The number of hydrogen-bond donors (Lipinski definition) is 3. The molecule has 0 aromatic heterocycles. The second-order valence-corrected chi connectivity index (χ2v) is 3.45. The van der Waals surface area contributed by atoms with Gasteiger partial charge < -0.3 is 15.5 Å². The van der Waals surface area contributed by atoms with Crippen LogP contribution >= 0.6 is 0 Å². The van der Waals surface area contributed by atoms with Crippen molar-refractivity contribution < 1.29 is 24.6 Å². The smallest absolute Gasteiger partial charge is 0.338 e. The molecule has 0 bridgehead atoms. The molecule has 1 aromatic carbocycles. The molecule has 1 aromatic rings. The van der Waals surface area contributed by atoms with Crippen LogP contribution in [0.5, 0.6) is 0 Å². The minimum atomic E-state index is -1.94. The van der Waals surface area contributed by atoms with Crippen LogP contribution in [0.3, 0.4) is 0 Å². The fourth-order valence-electron chi connectivity index (χ4n) is 1.23. The first kappa shape index (κ1) is 12.7. The van der Waals surface area contributed by atoms with Gasteiger partial charge in [-0.3, -0.25) is 4.79 Å². The van der Waals surface area contributed by atoms with Gasteiger partial charge in [0.1, 0.15) is 0 Å². The summed E-state index contributed by atoms with van der Waals surface area (Å²) in [5.74, 6) is -3.96. The predicted octanol–water partition coefficient (Wildman–Crippen LogP) is 0.263. The van der Waals surface area contributed by atoms with Crippen LogP contribution in [0.2, 0.25) is 0 Å². The molecule has 0 aliphatic heterocycles. The van der Waals surface area contributed by atoms with Crippen LogP contribution < -0.4 is 5.32 Å². The number of carbonyl (C=O) groups is 3. The van der Waals surface area contributed by atoms with Gasteiger partial charge in [0.25, 0.3) is 5.91 Å². The van der Waals surface area contributed by atoms with Crippen LogP contribution in [0.25, 0.3) is 0 Å². The van der Waals surface area contributed by atoms with E-state index in [0.717, 1.165) is 5.56 Å². The summed E-state index contributed by atoms with van der Waals surface area (Å²) < 4.78 is 0. The highest BCUT2D eigenvalue weighted by molar-refractivity contribution is 6.04. The largest absolute Gasteiger partial charge is 0.479 e. The molecule has 0 aliphatic carbocycles. The van der Waals surface area contributed by atoms with Crippen molar-refractivity contribution in [3.8, 4) is 0 Å². The van der Waals surface area contributed by atoms with Gasteiger partial charge in [0.05, 0.1) is 0 Å². The highest BCUT2D eigenvalue weighted by atomic mass is 16.4. The number of nitrogens with one attached hydrogen (secondary N) is 1. The molecule has 6 heteroatoms. The first-order valence-electron chi connectivity index (χ1n) is 4.75. The summed E-state index contributed by atoms with van der Waals surface area (Å²) in [4.78, 5) is 32.7. The number of amides is 1. The Morgan fingerprint density at radius 2 is 1.76 bits per heavy atom. The zero-order valence-corrected chi connectivity index (χ0v) is 9.01. The van der Waals surface area contributed by atoms with Crippen molar-refractivity contribution in [3.05, 3.63) is 35.4 Å². The third-order valence-electron chi connectivity index (χ3n) is 2.05. The van der Waals surface area contributed by atoms with E-state index < -0.39 is 23.9 Å². The number of carbonyl (C=O) groups excluding carboxylic acids is 1. The van der Waals surface area contributed by atoms with E-state index in [1.807, 2.05) is 5.32 Å². The number of aryl methyl sites for hydroxylation is 1. The molecule has 0 unspecified atom stereocenters. The quantitative estimate of drug-likeness (QED) is 0.652. The Balaban J connectivity index is 2.85. The van der Waals surface area contributed by atoms with Gasteiger partial charge in [-0.25, -0.2) is 9.59 Å². The van der Waals surface area contributed by atoms with Crippen molar-refractivity contribution in [1.82, 2.24) is 5.32 Å². The van der Waals surface area contributed by atoms with Gasteiger partial charge in [-0.05, 0) is 19.1 Å². The van der Waals surface area contributed by atoms with Crippen molar-refractivity contribution >= 4 is 17.8 Å². The molecule has 0 saturated heterocycles. The third-order valence-corrected chi connectivity index (χ3v) is 2.05. The molecule has 1 rings (SSSR count). The Bertz CT molecular complexity index is 455. The molecule has 3 N–H and O–H groups in total. The maximum atomic E-state index is 11.6. The highest BCUT2D eigenvalue weighted by Crippen LogP contribution is 2.04. The number of hydrogen-bond acceptors (Lipinski definition) is 3. The first-order valence-corrected chi connectivity index (χ1v) is 4.75. The van der Waals surface area contributed by atoms with Crippen molar-refractivity contribution in [2.75, 3.05) is 0 Å². The fourth-order valence-corrected chi connectivity index (χ4v) is 1.23. The van der Waals surface area contributed by atoms with E-state index in [2.05, 4.69) is 0 Å². The molecule has 90 valence electrons. The average Bonchev–Trinajstić information content (AvgIpc) is 2.24. The molecular formula is C11H11NO5. The molecule has 6 nitrogen and oxygen atoms in total. The van der Waals surface area contributed by atoms with E-state index in [9.17, 15) is 14.4 Å². The summed E-state index contributed by atoms with van der Waals surface area (Å²) >= 11 is 0. The lowest BCUT2D eigenvalue weighted by Crippen LogP contribution is -2.46. The third kappa shape index (κ3) is 3.30. The Kier molecular flexibility index (Phi) is 3.82. The molecule has 0 radical (unpaired) electrons. The summed E-state index contributed by atoms with van der Waals surface area (Å²) in [6.45, 7) is 1.77. The Hall–Kier alpha value is -2.37. The number of aliphatic carboxylic acids is 2. The van der Waals surface area contributed by atoms with Crippen molar-refractivity contribution in [3.63, 3.8) is 0 Å². The molecule has 0 spiro atoms. The van der Waals surface area contributed by atoms with Crippen molar-refractivity contribution in [1.29, 1.82) is 0 Å². The van der Waals surface area contributed by atoms with Gasteiger partial charge in [0.15, 0.2) is 0 Å². The van der Waals surface area contributed by atoms with E-state index >= 15 is 0 Å². The summed E-state index contributed by atoms with van der Waals surface area (Å²) in [6, 6.07) is 4.46. The predicted molar refractivity (Wildman–Crippen MR) is 57.7 cm³/mol. The van der Waals surface area contributed by atoms with Gasteiger partial charge in [0.2, 0.25) is 6.04 Å². The fraction of sp³-hybridized carbons (Fsp3) is 0.182. The molecule has 0 fully saturated rings. The number of rotatable bonds is 4. The van der Waals surface area contributed by atoms with Gasteiger partial charge in [-0.1, -0.05) is 17.7 Å². The van der Waals surface area contributed by atoms with Gasteiger partial charge >= 0.3 is 11.9 Å². The molecule has 0 aliphatic rings. The Morgan fingerprint density at radius 1 is 1.18 bits per heavy atom. The van der Waals surface area contributed by atoms with Crippen LogP contribution in [0, 0.1) is 6.92 Å². The minimum absolute atomic E-state index is 0.220. The van der Waals surface area contributed by atoms with Crippen LogP contribution in [0.15, 0.2) is 24.3 Å².